The minimum absolute atomic E-state index is 0.0852. The third-order valence-corrected chi connectivity index (χ3v) is 4.04. The van der Waals surface area contributed by atoms with Gasteiger partial charge in [-0.25, -0.2) is 0 Å². The van der Waals surface area contributed by atoms with Crippen molar-refractivity contribution >= 4 is 35.1 Å². The second kappa shape index (κ2) is 11.3. The Kier molecular flexibility index (Phi) is 9.80. The van der Waals surface area contributed by atoms with Crippen LogP contribution in [-0.2, 0) is 14.3 Å². The Morgan fingerprint density at radius 1 is 1.04 bits per heavy atom. The van der Waals surface area contributed by atoms with E-state index in [0.717, 1.165) is 25.7 Å². The van der Waals surface area contributed by atoms with E-state index in [1.54, 1.807) is 18.2 Å². The van der Waals surface area contributed by atoms with E-state index in [1.807, 2.05) is 6.92 Å². The number of hydrogen-bond acceptors (Lipinski definition) is 4. The third-order valence-electron chi connectivity index (χ3n) is 3.44. The molecule has 0 radical (unpaired) electrons. The van der Waals surface area contributed by atoms with E-state index in [0.29, 0.717) is 6.42 Å². The van der Waals surface area contributed by atoms with Crippen molar-refractivity contribution in [2.24, 2.45) is 0 Å². The molecule has 24 heavy (non-hydrogen) atoms. The van der Waals surface area contributed by atoms with Gasteiger partial charge < -0.3 is 9.47 Å². The molecule has 1 atom stereocenters. The summed E-state index contributed by atoms with van der Waals surface area (Å²) < 4.78 is 10.5. The Balaban J connectivity index is 2.26. The second-order valence-corrected chi connectivity index (χ2v) is 6.49. The Hall–Kier alpha value is -1.26. The predicted molar refractivity (Wildman–Crippen MR) is 95.6 cm³/mol. The van der Waals surface area contributed by atoms with Crippen molar-refractivity contribution in [3.8, 4) is 5.75 Å². The van der Waals surface area contributed by atoms with Crippen LogP contribution < -0.4 is 4.74 Å². The molecule has 0 fully saturated rings. The highest BCUT2D eigenvalue weighted by molar-refractivity contribution is 6.37. The van der Waals surface area contributed by atoms with Crippen LogP contribution in [0.1, 0.15) is 58.8 Å². The number of benzene rings is 1. The first-order chi connectivity index (χ1) is 11.4. The number of unbranched alkanes of at least 4 members (excludes halogenated alkanes) is 2. The molecule has 0 aliphatic carbocycles. The molecule has 1 rings (SSSR count). The molecule has 1 unspecified atom stereocenters. The molecule has 0 saturated carbocycles. The summed E-state index contributed by atoms with van der Waals surface area (Å²) in [6.07, 6.45) is 4.75. The lowest BCUT2D eigenvalue weighted by molar-refractivity contribution is -0.148. The molecule has 134 valence electrons. The molecule has 0 spiro atoms. The first kappa shape index (κ1) is 20.8. The average molecular weight is 375 g/mol. The fourth-order valence-electron chi connectivity index (χ4n) is 2.15. The SMILES string of the molecule is CCCCCC(C)OC(=O)CCCC(=O)Oc1c(Cl)cccc1Cl. The molecule has 0 heterocycles. The molecule has 4 nitrogen and oxygen atoms in total. The summed E-state index contributed by atoms with van der Waals surface area (Å²) >= 11 is 11.9. The van der Waals surface area contributed by atoms with Gasteiger partial charge in [0.2, 0.25) is 0 Å². The van der Waals surface area contributed by atoms with E-state index < -0.39 is 5.97 Å². The van der Waals surface area contributed by atoms with Gasteiger partial charge in [-0.2, -0.15) is 0 Å². The van der Waals surface area contributed by atoms with E-state index >= 15 is 0 Å². The first-order valence-electron chi connectivity index (χ1n) is 8.28. The maximum atomic E-state index is 11.8. The molecular weight excluding hydrogens is 351 g/mol. The van der Waals surface area contributed by atoms with Crippen LogP contribution in [0.3, 0.4) is 0 Å². The highest BCUT2D eigenvalue weighted by Crippen LogP contribution is 2.32. The van der Waals surface area contributed by atoms with Crippen molar-refractivity contribution in [1.29, 1.82) is 0 Å². The molecule has 1 aromatic carbocycles. The Bertz CT molecular complexity index is 526. The lowest BCUT2D eigenvalue weighted by Crippen LogP contribution is -2.15. The van der Waals surface area contributed by atoms with Crippen LogP contribution in [-0.4, -0.2) is 18.0 Å². The third kappa shape index (κ3) is 8.02. The van der Waals surface area contributed by atoms with Crippen LogP contribution in [0.2, 0.25) is 10.0 Å². The zero-order valence-corrected chi connectivity index (χ0v) is 15.7. The topological polar surface area (TPSA) is 52.6 Å². The van der Waals surface area contributed by atoms with Crippen LogP contribution in [0.15, 0.2) is 18.2 Å². The number of hydrogen-bond donors (Lipinski definition) is 0. The molecule has 0 aromatic heterocycles. The maximum Gasteiger partial charge on any atom is 0.311 e. The average Bonchev–Trinajstić information content (AvgIpc) is 2.51. The maximum absolute atomic E-state index is 11.8. The zero-order valence-electron chi connectivity index (χ0n) is 14.1. The van der Waals surface area contributed by atoms with Crippen LogP contribution in [0.4, 0.5) is 0 Å². The highest BCUT2D eigenvalue weighted by atomic mass is 35.5. The summed E-state index contributed by atoms with van der Waals surface area (Å²) in [5.41, 5.74) is 0. The van der Waals surface area contributed by atoms with Gasteiger partial charge in [-0.05, 0) is 38.3 Å². The minimum Gasteiger partial charge on any atom is -0.463 e. The monoisotopic (exact) mass is 374 g/mol. The number of esters is 2. The number of rotatable bonds is 10. The zero-order chi connectivity index (χ0) is 17.9. The van der Waals surface area contributed by atoms with Crippen LogP contribution >= 0.6 is 23.2 Å². The summed E-state index contributed by atoms with van der Waals surface area (Å²) in [7, 11) is 0. The van der Waals surface area contributed by atoms with Crippen molar-refractivity contribution in [2.45, 2.75) is 64.9 Å². The van der Waals surface area contributed by atoms with Gasteiger partial charge in [0.25, 0.3) is 0 Å². The molecular formula is C18H24Cl2O4. The molecule has 1 aromatic rings. The fraction of sp³-hybridized carbons (Fsp3) is 0.556. The summed E-state index contributed by atoms with van der Waals surface area (Å²) in [6.45, 7) is 4.02. The molecule has 0 N–H and O–H groups in total. The van der Waals surface area contributed by atoms with Gasteiger partial charge in [0.15, 0.2) is 5.75 Å². The number of ether oxygens (including phenoxy) is 2. The van der Waals surface area contributed by atoms with Gasteiger partial charge in [-0.15, -0.1) is 0 Å². The number of para-hydroxylation sites is 1. The van der Waals surface area contributed by atoms with Crippen LogP contribution in [0.25, 0.3) is 0 Å². The molecule has 0 bridgehead atoms. The Morgan fingerprint density at radius 2 is 1.67 bits per heavy atom. The van der Waals surface area contributed by atoms with Gasteiger partial charge in [-0.3, -0.25) is 9.59 Å². The molecule has 0 saturated heterocycles. The van der Waals surface area contributed by atoms with Crippen molar-refractivity contribution in [3.63, 3.8) is 0 Å². The van der Waals surface area contributed by atoms with Crippen LogP contribution in [0.5, 0.6) is 5.75 Å². The van der Waals surface area contributed by atoms with Crippen molar-refractivity contribution in [2.75, 3.05) is 0 Å². The summed E-state index contributed by atoms with van der Waals surface area (Å²) in [4.78, 5) is 23.5. The van der Waals surface area contributed by atoms with Crippen molar-refractivity contribution in [1.82, 2.24) is 0 Å². The lowest BCUT2D eigenvalue weighted by Gasteiger charge is -2.13. The van der Waals surface area contributed by atoms with E-state index in [4.69, 9.17) is 32.7 Å². The van der Waals surface area contributed by atoms with Gasteiger partial charge in [0.1, 0.15) is 0 Å². The summed E-state index contributed by atoms with van der Waals surface area (Å²) in [5.74, 6) is -0.616. The fourth-order valence-corrected chi connectivity index (χ4v) is 2.62. The van der Waals surface area contributed by atoms with E-state index in [9.17, 15) is 9.59 Å². The summed E-state index contributed by atoms with van der Waals surface area (Å²) in [6, 6.07) is 4.85. The van der Waals surface area contributed by atoms with Gasteiger partial charge in [0, 0.05) is 12.8 Å². The smallest absolute Gasteiger partial charge is 0.311 e. The Morgan fingerprint density at radius 3 is 2.29 bits per heavy atom. The van der Waals surface area contributed by atoms with Gasteiger partial charge >= 0.3 is 11.9 Å². The number of carbonyl (C=O) groups excluding carboxylic acids is 2. The Labute approximate surface area is 153 Å². The van der Waals surface area contributed by atoms with Crippen LogP contribution in [0, 0.1) is 0 Å². The molecule has 0 aliphatic heterocycles. The predicted octanol–water partition coefficient (Wildman–Crippen LogP) is 5.58. The standard InChI is InChI=1S/C18H24Cl2O4/c1-3-4-5-8-13(2)23-16(21)11-7-12-17(22)24-18-14(19)9-6-10-15(18)20/h6,9-10,13H,3-5,7-8,11-12H2,1-2H3. The normalized spacial score (nSPS) is 11.8. The van der Waals surface area contributed by atoms with Crippen molar-refractivity contribution in [3.05, 3.63) is 28.2 Å². The van der Waals surface area contributed by atoms with Gasteiger partial charge in [-0.1, -0.05) is 49.0 Å². The summed E-state index contributed by atoms with van der Waals surface area (Å²) in [5, 5.41) is 0.548. The molecule has 6 heteroatoms. The number of halogens is 2. The second-order valence-electron chi connectivity index (χ2n) is 5.67. The minimum atomic E-state index is -0.478. The van der Waals surface area contributed by atoms with E-state index in [2.05, 4.69) is 6.92 Å². The van der Waals surface area contributed by atoms with Crippen molar-refractivity contribution < 1.29 is 19.1 Å². The lowest BCUT2D eigenvalue weighted by atomic mass is 10.1. The number of carbonyl (C=O) groups is 2. The van der Waals surface area contributed by atoms with E-state index in [-0.39, 0.29) is 40.7 Å². The highest BCUT2D eigenvalue weighted by Gasteiger charge is 2.14. The first-order valence-corrected chi connectivity index (χ1v) is 9.03. The van der Waals surface area contributed by atoms with Gasteiger partial charge in [0.05, 0.1) is 16.1 Å². The quantitative estimate of drug-likeness (QED) is 0.304. The van der Waals surface area contributed by atoms with E-state index in [1.165, 1.54) is 0 Å². The largest absolute Gasteiger partial charge is 0.463 e. The molecule has 0 amide bonds. The molecule has 0 aliphatic rings.